The first-order valence-electron chi connectivity index (χ1n) is 9.72. The van der Waals surface area contributed by atoms with Crippen LogP contribution in [0.4, 0.5) is 0 Å². The van der Waals surface area contributed by atoms with E-state index in [-0.39, 0.29) is 30.5 Å². The minimum atomic E-state index is -0.289. The highest BCUT2D eigenvalue weighted by Crippen LogP contribution is 2.28. The van der Waals surface area contributed by atoms with Crippen molar-refractivity contribution in [1.29, 1.82) is 0 Å². The highest BCUT2D eigenvalue weighted by atomic mass is 35.5. The van der Waals surface area contributed by atoms with E-state index in [4.69, 9.17) is 16.3 Å². The van der Waals surface area contributed by atoms with Gasteiger partial charge < -0.3 is 15.4 Å². The van der Waals surface area contributed by atoms with Crippen LogP contribution in [-0.2, 0) is 17.9 Å². The zero-order valence-electron chi connectivity index (χ0n) is 17.5. The number of ether oxygens (including phenoxy) is 1. The summed E-state index contributed by atoms with van der Waals surface area (Å²) >= 11 is 6.26. The Morgan fingerprint density at radius 2 is 1.67 bits per heavy atom. The number of nitrogens with one attached hydrogen (secondary N) is 2. The molecule has 2 N–H and O–H groups in total. The molecular weight excluding hydrogens is 419 g/mol. The number of rotatable bonds is 7. The van der Waals surface area contributed by atoms with Gasteiger partial charge in [0.05, 0.1) is 0 Å². The van der Waals surface area contributed by atoms with E-state index in [9.17, 15) is 4.79 Å². The number of fused-ring (bicyclic) bond motifs is 1. The maximum atomic E-state index is 12.2. The normalized spacial score (nSPS) is 11.1. The predicted octanol–water partition coefficient (Wildman–Crippen LogP) is 5.50. The summed E-state index contributed by atoms with van der Waals surface area (Å²) in [7, 11) is 0. The fraction of sp³-hybridized carbons (Fsp3) is 0.292. The van der Waals surface area contributed by atoms with E-state index in [0.29, 0.717) is 18.8 Å². The van der Waals surface area contributed by atoms with Gasteiger partial charge in [-0.15, -0.1) is 12.4 Å². The van der Waals surface area contributed by atoms with E-state index in [0.717, 1.165) is 26.9 Å². The smallest absolute Gasteiger partial charge is 0.258 e. The standard InChI is InChI=1S/C24H27ClN2O2.ClH/c1-24(2,3)27-23(28)16-29-22-13-12-17-8-4-6-10-19(17)20(22)15-26-14-18-9-5-7-11-21(18)25;/h4-13,26H,14-16H2,1-3H3,(H,27,28);1H. The second-order valence-corrected chi connectivity index (χ2v) is 8.45. The lowest BCUT2D eigenvalue weighted by atomic mass is 10.0. The Balaban J connectivity index is 0.00000320. The van der Waals surface area contributed by atoms with Crippen LogP contribution < -0.4 is 15.4 Å². The third-order valence-corrected chi connectivity index (χ3v) is 4.81. The Bertz CT molecular complexity index is 1000. The number of carbonyl (C=O) groups excluding carboxylic acids is 1. The Kier molecular flexibility index (Phi) is 8.54. The monoisotopic (exact) mass is 446 g/mol. The van der Waals surface area contributed by atoms with Gasteiger partial charge in [-0.25, -0.2) is 0 Å². The molecule has 160 valence electrons. The van der Waals surface area contributed by atoms with Gasteiger partial charge in [0, 0.05) is 29.2 Å². The van der Waals surface area contributed by atoms with Crippen LogP contribution in [0.1, 0.15) is 31.9 Å². The molecule has 0 radical (unpaired) electrons. The number of amides is 1. The average Bonchev–Trinajstić information content (AvgIpc) is 2.67. The van der Waals surface area contributed by atoms with Gasteiger partial charge in [-0.05, 0) is 49.2 Å². The van der Waals surface area contributed by atoms with Crippen LogP contribution in [0.2, 0.25) is 5.02 Å². The largest absolute Gasteiger partial charge is 0.483 e. The first kappa shape index (κ1) is 24.0. The van der Waals surface area contributed by atoms with Gasteiger partial charge in [0.2, 0.25) is 0 Å². The first-order valence-corrected chi connectivity index (χ1v) is 10.1. The summed E-state index contributed by atoms with van der Waals surface area (Å²) in [4.78, 5) is 12.2. The molecular formula is C24H28Cl2N2O2. The second kappa shape index (κ2) is 10.7. The summed E-state index contributed by atoms with van der Waals surface area (Å²) in [5.41, 5.74) is 1.78. The number of halogens is 2. The van der Waals surface area contributed by atoms with Crippen LogP contribution in [0, 0.1) is 0 Å². The molecule has 0 aliphatic heterocycles. The fourth-order valence-corrected chi connectivity index (χ4v) is 3.40. The number of hydrogen-bond donors (Lipinski definition) is 2. The molecule has 0 aromatic heterocycles. The molecule has 0 atom stereocenters. The molecule has 0 bridgehead atoms. The van der Waals surface area contributed by atoms with Crippen LogP contribution in [-0.4, -0.2) is 18.1 Å². The van der Waals surface area contributed by atoms with E-state index >= 15 is 0 Å². The van der Waals surface area contributed by atoms with Crippen molar-refractivity contribution in [3.63, 3.8) is 0 Å². The van der Waals surface area contributed by atoms with Crippen LogP contribution in [0.25, 0.3) is 10.8 Å². The Labute approximate surface area is 189 Å². The van der Waals surface area contributed by atoms with Crippen LogP contribution >= 0.6 is 24.0 Å². The van der Waals surface area contributed by atoms with Crippen LogP contribution in [0.5, 0.6) is 5.75 Å². The van der Waals surface area contributed by atoms with Gasteiger partial charge in [-0.1, -0.05) is 60.1 Å². The fourth-order valence-electron chi connectivity index (χ4n) is 3.20. The second-order valence-electron chi connectivity index (χ2n) is 8.05. The lowest BCUT2D eigenvalue weighted by Gasteiger charge is -2.21. The summed E-state index contributed by atoms with van der Waals surface area (Å²) in [5, 5.41) is 9.36. The summed E-state index contributed by atoms with van der Waals surface area (Å²) in [5.74, 6) is 0.569. The lowest BCUT2D eigenvalue weighted by molar-refractivity contribution is -0.124. The van der Waals surface area contributed by atoms with Crippen molar-refractivity contribution in [3.05, 3.63) is 76.8 Å². The number of carbonyl (C=O) groups is 1. The van der Waals surface area contributed by atoms with Gasteiger partial charge in [-0.3, -0.25) is 4.79 Å². The van der Waals surface area contributed by atoms with Gasteiger partial charge in [0.1, 0.15) is 5.75 Å². The van der Waals surface area contributed by atoms with E-state index < -0.39 is 0 Å². The van der Waals surface area contributed by atoms with Crippen molar-refractivity contribution < 1.29 is 9.53 Å². The van der Waals surface area contributed by atoms with Crippen molar-refractivity contribution >= 4 is 40.7 Å². The summed E-state index contributed by atoms with van der Waals surface area (Å²) in [6.07, 6.45) is 0. The van der Waals surface area contributed by atoms with Crippen molar-refractivity contribution in [3.8, 4) is 5.75 Å². The molecule has 0 saturated heterocycles. The van der Waals surface area contributed by atoms with Crippen LogP contribution in [0.3, 0.4) is 0 Å². The van der Waals surface area contributed by atoms with Crippen molar-refractivity contribution in [2.24, 2.45) is 0 Å². The molecule has 0 fully saturated rings. The van der Waals surface area contributed by atoms with E-state index in [2.05, 4.69) is 22.8 Å². The molecule has 0 aliphatic carbocycles. The van der Waals surface area contributed by atoms with Crippen molar-refractivity contribution in [2.75, 3.05) is 6.61 Å². The molecule has 0 heterocycles. The van der Waals surface area contributed by atoms with Crippen LogP contribution in [0.15, 0.2) is 60.7 Å². The molecule has 3 aromatic rings. The molecule has 4 nitrogen and oxygen atoms in total. The minimum Gasteiger partial charge on any atom is -0.483 e. The molecule has 0 saturated carbocycles. The summed E-state index contributed by atoms with van der Waals surface area (Å²) < 4.78 is 5.90. The molecule has 1 amide bonds. The van der Waals surface area contributed by atoms with Gasteiger partial charge in [0.15, 0.2) is 6.61 Å². The zero-order valence-corrected chi connectivity index (χ0v) is 19.1. The van der Waals surface area contributed by atoms with E-state index in [1.807, 2.05) is 69.3 Å². The first-order chi connectivity index (χ1) is 13.8. The molecule has 0 spiro atoms. The topological polar surface area (TPSA) is 50.4 Å². The van der Waals surface area contributed by atoms with Crippen molar-refractivity contribution in [2.45, 2.75) is 39.4 Å². The molecule has 0 unspecified atom stereocenters. The predicted molar refractivity (Wildman–Crippen MR) is 127 cm³/mol. The van der Waals surface area contributed by atoms with Gasteiger partial charge in [0.25, 0.3) is 5.91 Å². The summed E-state index contributed by atoms with van der Waals surface area (Å²) in [6.45, 7) is 7.07. The third kappa shape index (κ3) is 6.63. The summed E-state index contributed by atoms with van der Waals surface area (Å²) in [6, 6.07) is 19.9. The molecule has 0 aliphatic rings. The zero-order chi connectivity index (χ0) is 20.9. The SMILES string of the molecule is CC(C)(C)NC(=O)COc1ccc2ccccc2c1CNCc1ccccc1Cl.Cl. The Hall–Kier alpha value is -2.27. The van der Waals surface area contributed by atoms with Gasteiger partial charge in [-0.2, -0.15) is 0 Å². The number of hydrogen-bond acceptors (Lipinski definition) is 3. The molecule has 3 rings (SSSR count). The van der Waals surface area contributed by atoms with E-state index in [1.165, 1.54) is 0 Å². The Morgan fingerprint density at radius 3 is 2.40 bits per heavy atom. The Morgan fingerprint density at radius 1 is 0.967 bits per heavy atom. The molecule has 30 heavy (non-hydrogen) atoms. The highest BCUT2D eigenvalue weighted by molar-refractivity contribution is 6.31. The van der Waals surface area contributed by atoms with Gasteiger partial charge >= 0.3 is 0 Å². The van der Waals surface area contributed by atoms with E-state index in [1.54, 1.807) is 0 Å². The molecule has 3 aromatic carbocycles. The quantitative estimate of drug-likeness (QED) is 0.503. The molecule has 6 heteroatoms. The maximum absolute atomic E-state index is 12.2. The highest BCUT2D eigenvalue weighted by Gasteiger charge is 2.15. The number of benzene rings is 3. The average molecular weight is 447 g/mol. The maximum Gasteiger partial charge on any atom is 0.258 e. The minimum absolute atomic E-state index is 0. The third-order valence-electron chi connectivity index (χ3n) is 4.45. The van der Waals surface area contributed by atoms with Crippen molar-refractivity contribution in [1.82, 2.24) is 10.6 Å². The lowest BCUT2D eigenvalue weighted by Crippen LogP contribution is -2.43.